The topological polar surface area (TPSA) is 78.9 Å². The molecule has 72 heavy (non-hydrogen) atoms. The number of esters is 3. The van der Waals surface area contributed by atoms with Crippen LogP contribution in [0.2, 0.25) is 0 Å². The second-order valence-electron chi connectivity index (χ2n) is 20.6. The number of unbranched alkanes of at least 4 members (excludes halogenated alkanes) is 33. The first-order valence-corrected chi connectivity index (χ1v) is 30.9. The van der Waals surface area contributed by atoms with Crippen molar-refractivity contribution >= 4 is 17.9 Å². The van der Waals surface area contributed by atoms with Crippen molar-refractivity contribution in [3.8, 4) is 0 Å². The van der Waals surface area contributed by atoms with Crippen molar-refractivity contribution in [2.24, 2.45) is 0 Å². The molecule has 0 heterocycles. The Hall–Kier alpha value is -3.15. The van der Waals surface area contributed by atoms with Gasteiger partial charge in [-0.3, -0.25) is 14.4 Å². The molecule has 0 N–H and O–H groups in total. The number of rotatable bonds is 56. The Labute approximate surface area is 446 Å². The average molecular weight is 1010 g/mol. The molecule has 0 saturated heterocycles. The van der Waals surface area contributed by atoms with Gasteiger partial charge in [0.15, 0.2) is 6.10 Å². The fourth-order valence-corrected chi connectivity index (χ4v) is 8.82. The molecule has 0 spiro atoms. The normalized spacial score (nSPS) is 12.5. The molecule has 0 radical (unpaired) electrons. The zero-order valence-electron chi connectivity index (χ0n) is 47.7. The van der Waals surface area contributed by atoms with E-state index < -0.39 is 6.10 Å². The van der Waals surface area contributed by atoms with Crippen molar-refractivity contribution in [2.45, 2.75) is 316 Å². The van der Waals surface area contributed by atoms with Crippen LogP contribution in [0.3, 0.4) is 0 Å². The van der Waals surface area contributed by atoms with E-state index in [4.69, 9.17) is 14.2 Å². The molecule has 1 unspecified atom stereocenters. The van der Waals surface area contributed by atoms with Crippen LogP contribution in [0.5, 0.6) is 0 Å². The second kappa shape index (κ2) is 60.4. The average Bonchev–Trinajstić information content (AvgIpc) is 3.38. The lowest BCUT2D eigenvalue weighted by Gasteiger charge is -2.18. The number of carbonyl (C=O) groups is 3. The van der Waals surface area contributed by atoms with Crippen LogP contribution in [0.4, 0.5) is 0 Å². The van der Waals surface area contributed by atoms with Gasteiger partial charge in [0, 0.05) is 19.3 Å². The molecule has 0 aromatic carbocycles. The molecular weight excluding hydrogens is 889 g/mol. The van der Waals surface area contributed by atoms with Gasteiger partial charge < -0.3 is 14.2 Å². The van der Waals surface area contributed by atoms with Gasteiger partial charge in [-0.2, -0.15) is 0 Å². The molecule has 0 aliphatic rings. The zero-order valence-corrected chi connectivity index (χ0v) is 47.7. The first kappa shape index (κ1) is 68.8. The van der Waals surface area contributed by atoms with Crippen molar-refractivity contribution in [1.29, 1.82) is 0 Å². The van der Waals surface area contributed by atoms with E-state index in [1.807, 2.05) is 0 Å². The molecule has 6 nitrogen and oxygen atoms in total. The molecule has 0 aliphatic carbocycles. The van der Waals surface area contributed by atoms with Gasteiger partial charge in [0.05, 0.1) is 0 Å². The molecule has 0 aromatic heterocycles. The summed E-state index contributed by atoms with van der Waals surface area (Å²) >= 11 is 0. The fourth-order valence-electron chi connectivity index (χ4n) is 8.82. The molecule has 0 rings (SSSR count). The van der Waals surface area contributed by atoms with Crippen LogP contribution in [0.1, 0.15) is 310 Å². The minimum atomic E-state index is -0.777. The lowest BCUT2D eigenvalue weighted by Crippen LogP contribution is -2.30. The van der Waals surface area contributed by atoms with Crippen molar-refractivity contribution in [3.05, 3.63) is 72.9 Å². The SMILES string of the molecule is CC/C=C\C/C=C\C/C=C\C/C=C\CCCCCCCCCCCCCCCCCCCCC(=O)OCC(COC(=O)CCCCCCCCC)OC(=O)CCCCCCC/C=C\C/C=C\CCCCCC. The Morgan fingerprint density at radius 1 is 0.292 bits per heavy atom. The van der Waals surface area contributed by atoms with Crippen LogP contribution in [0.15, 0.2) is 72.9 Å². The van der Waals surface area contributed by atoms with E-state index in [0.717, 1.165) is 109 Å². The van der Waals surface area contributed by atoms with Crippen LogP contribution in [-0.2, 0) is 28.6 Å². The predicted molar refractivity (Wildman–Crippen MR) is 311 cm³/mol. The van der Waals surface area contributed by atoms with E-state index in [2.05, 4.69) is 93.7 Å². The van der Waals surface area contributed by atoms with E-state index in [1.165, 1.54) is 161 Å². The van der Waals surface area contributed by atoms with Crippen LogP contribution in [-0.4, -0.2) is 37.2 Å². The van der Waals surface area contributed by atoms with Crippen molar-refractivity contribution in [2.75, 3.05) is 13.2 Å². The Bertz CT molecular complexity index is 1340. The molecule has 0 aliphatic heterocycles. The standard InChI is InChI=1S/C66H116O6/c1-4-7-10-13-16-18-20-22-24-26-27-28-29-30-31-32-33-34-35-36-37-38-39-40-42-43-45-47-50-53-56-59-65(68)71-62-63(61-70-64(67)58-55-52-49-15-12-9-6-3)72-66(69)60-57-54-51-48-46-44-41-25-23-21-19-17-14-11-8-5-2/h7,10,16,18-19,21-22,24-25,27-28,41,63H,4-6,8-9,11-15,17,20,23,26,29-40,42-62H2,1-3H3/b10-7-,18-16-,21-19-,24-22-,28-27-,41-25-. The van der Waals surface area contributed by atoms with Gasteiger partial charge in [0.25, 0.3) is 0 Å². The Kier molecular flexibility index (Phi) is 57.8. The Morgan fingerprint density at radius 2 is 0.542 bits per heavy atom. The zero-order chi connectivity index (χ0) is 52.2. The summed E-state index contributed by atoms with van der Waals surface area (Å²) in [6.07, 6.45) is 78.0. The highest BCUT2D eigenvalue weighted by atomic mass is 16.6. The number of carbonyl (C=O) groups excluding carboxylic acids is 3. The molecule has 0 aromatic rings. The van der Waals surface area contributed by atoms with E-state index >= 15 is 0 Å². The third-order valence-electron chi connectivity index (χ3n) is 13.4. The number of allylic oxidation sites excluding steroid dienone is 12. The van der Waals surface area contributed by atoms with Gasteiger partial charge in [-0.1, -0.05) is 273 Å². The molecule has 1 atom stereocenters. The highest BCUT2D eigenvalue weighted by molar-refractivity contribution is 5.71. The van der Waals surface area contributed by atoms with Gasteiger partial charge in [-0.15, -0.1) is 0 Å². The van der Waals surface area contributed by atoms with Gasteiger partial charge in [0.2, 0.25) is 0 Å². The van der Waals surface area contributed by atoms with E-state index in [1.54, 1.807) is 0 Å². The predicted octanol–water partition coefficient (Wildman–Crippen LogP) is 20.9. The van der Waals surface area contributed by atoms with Gasteiger partial charge in [0.1, 0.15) is 13.2 Å². The molecule has 0 amide bonds. The maximum atomic E-state index is 12.8. The van der Waals surface area contributed by atoms with Gasteiger partial charge in [-0.25, -0.2) is 0 Å². The minimum absolute atomic E-state index is 0.0772. The molecule has 0 bridgehead atoms. The lowest BCUT2D eigenvalue weighted by atomic mass is 10.0. The maximum absolute atomic E-state index is 12.8. The first-order chi connectivity index (χ1) is 35.5. The molecule has 6 heteroatoms. The van der Waals surface area contributed by atoms with Crippen LogP contribution in [0, 0.1) is 0 Å². The highest BCUT2D eigenvalue weighted by Crippen LogP contribution is 2.17. The second-order valence-corrected chi connectivity index (χ2v) is 20.6. The summed E-state index contributed by atoms with van der Waals surface area (Å²) in [6.45, 7) is 6.48. The Balaban J connectivity index is 4.04. The molecular formula is C66H116O6. The Morgan fingerprint density at radius 3 is 0.861 bits per heavy atom. The quantitative estimate of drug-likeness (QED) is 0.0261. The fraction of sp³-hybridized carbons (Fsp3) is 0.773. The van der Waals surface area contributed by atoms with Gasteiger partial charge in [-0.05, 0) is 89.9 Å². The number of hydrogen-bond donors (Lipinski definition) is 0. The summed E-state index contributed by atoms with van der Waals surface area (Å²) in [5.41, 5.74) is 0. The molecule has 416 valence electrons. The number of hydrogen-bond acceptors (Lipinski definition) is 6. The van der Waals surface area contributed by atoms with Crippen LogP contribution < -0.4 is 0 Å². The van der Waals surface area contributed by atoms with E-state index in [0.29, 0.717) is 19.3 Å². The monoisotopic (exact) mass is 1000 g/mol. The van der Waals surface area contributed by atoms with Crippen molar-refractivity contribution < 1.29 is 28.6 Å². The first-order valence-electron chi connectivity index (χ1n) is 30.9. The smallest absolute Gasteiger partial charge is 0.306 e. The highest BCUT2D eigenvalue weighted by Gasteiger charge is 2.19. The summed E-state index contributed by atoms with van der Waals surface area (Å²) in [5.74, 6) is -0.886. The minimum Gasteiger partial charge on any atom is -0.462 e. The van der Waals surface area contributed by atoms with Crippen molar-refractivity contribution in [3.63, 3.8) is 0 Å². The van der Waals surface area contributed by atoms with Crippen LogP contribution in [0.25, 0.3) is 0 Å². The molecule has 0 saturated carbocycles. The summed E-state index contributed by atoms with van der Waals surface area (Å²) in [5, 5.41) is 0. The summed E-state index contributed by atoms with van der Waals surface area (Å²) in [6, 6.07) is 0. The largest absolute Gasteiger partial charge is 0.462 e. The summed E-state index contributed by atoms with van der Waals surface area (Å²) < 4.78 is 16.8. The lowest BCUT2D eigenvalue weighted by molar-refractivity contribution is -0.167. The third-order valence-corrected chi connectivity index (χ3v) is 13.4. The van der Waals surface area contributed by atoms with E-state index in [-0.39, 0.29) is 31.1 Å². The number of ether oxygens (including phenoxy) is 3. The summed E-state index contributed by atoms with van der Waals surface area (Å²) in [7, 11) is 0. The maximum Gasteiger partial charge on any atom is 0.306 e. The van der Waals surface area contributed by atoms with Gasteiger partial charge >= 0.3 is 17.9 Å². The molecule has 0 fully saturated rings. The van der Waals surface area contributed by atoms with Crippen molar-refractivity contribution in [1.82, 2.24) is 0 Å². The van der Waals surface area contributed by atoms with E-state index in [9.17, 15) is 14.4 Å². The summed E-state index contributed by atoms with van der Waals surface area (Å²) in [4.78, 5) is 38.0. The third kappa shape index (κ3) is 57.7. The van der Waals surface area contributed by atoms with Crippen LogP contribution >= 0.6 is 0 Å².